The molecule has 0 bridgehead atoms. The van der Waals surface area contributed by atoms with Crippen molar-refractivity contribution in [2.45, 2.75) is 82.6 Å². The summed E-state index contributed by atoms with van der Waals surface area (Å²) in [7, 11) is 0. The highest BCUT2D eigenvalue weighted by molar-refractivity contribution is 6.30. The molecule has 2 fully saturated rings. The predicted molar refractivity (Wildman–Crippen MR) is 141 cm³/mol. The second-order valence-corrected chi connectivity index (χ2v) is 11.2. The fraction of sp³-hybridized carbons (Fsp3) is 0.654. The van der Waals surface area contributed by atoms with Crippen molar-refractivity contribution in [2.24, 2.45) is 4.99 Å². The molecule has 9 nitrogen and oxygen atoms in total. The number of aliphatic imine (C=N–C) groups is 1. The summed E-state index contributed by atoms with van der Waals surface area (Å²) in [5.41, 5.74) is 1.34. The lowest BCUT2D eigenvalue weighted by atomic mass is 9.96. The minimum absolute atomic E-state index is 0.0626. The number of rotatable bonds is 6. The maximum absolute atomic E-state index is 6.17. The normalized spacial score (nSPS) is 33.4. The first-order valence-corrected chi connectivity index (χ1v) is 13.7. The lowest BCUT2D eigenvalue weighted by Crippen LogP contribution is -2.65. The number of benzene rings is 1. The largest absolute Gasteiger partial charge is 0.376 e. The number of anilines is 1. The minimum atomic E-state index is 0.0626. The van der Waals surface area contributed by atoms with Gasteiger partial charge in [-0.15, -0.1) is 10.2 Å². The minimum Gasteiger partial charge on any atom is -0.376 e. The number of halogens is 1. The van der Waals surface area contributed by atoms with E-state index in [9.17, 15) is 0 Å². The van der Waals surface area contributed by atoms with Crippen molar-refractivity contribution in [3.05, 3.63) is 41.2 Å². The molecule has 0 aliphatic carbocycles. The van der Waals surface area contributed by atoms with Gasteiger partial charge in [0.15, 0.2) is 0 Å². The Kier molecular flexibility index (Phi) is 6.66. The Morgan fingerprint density at radius 1 is 1.17 bits per heavy atom. The number of aromatic nitrogens is 3. The maximum Gasteiger partial charge on any atom is 0.227 e. The van der Waals surface area contributed by atoms with Gasteiger partial charge in [-0.1, -0.05) is 30.7 Å². The molecule has 36 heavy (non-hydrogen) atoms. The van der Waals surface area contributed by atoms with Gasteiger partial charge in [0.05, 0.1) is 12.4 Å². The first-order chi connectivity index (χ1) is 17.5. The zero-order valence-electron chi connectivity index (χ0n) is 21.4. The molecular weight excluding hydrogens is 476 g/mol. The van der Waals surface area contributed by atoms with Crippen LogP contribution < -0.4 is 5.32 Å². The quantitative estimate of drug-likeness (QED) is 0.633. The third-order valence-corrected chi connectivity index (χ3v) is 8.66. The van der Waals surface area contributed by atoms with Crippen LogP contribution in [0, 0.1) is 0 Å². The molecule has 1 aromatic heterocycles. The number of piperazine rings is 1. The van der Waals surface area contributed by atoms with Crippen LogP contribution in [0.3, 0.4) is 0 Å². The molecule has 0 radical (unpaired) electrons. The van der Waals surface area contributed by atoms with Crippen LogP contribution in [0.1, 0.15) is 57.8 Å². The number of fused-ring (bicyclic) bond motifs is 3. The van der Waals surface area contributed by atoms with Gasteiger partial charge in [0.1, 0.15) is 24.7 Å². The SMILES string of the molecule is CC[C@@H](c1ccc(Cl)cc1)N1C[C@H](C)N(C2Nc3nncn3C3C2N=CN3C[C@@H]2CCCO2)C[C@H]1C. The third-order valence-electron chi connectivity index (χ3n) is 8.41. The summed E-state index contributed by atoms with van der Waals surface area (Å²) >= 11 is 6.17. The monoisotopic (exact) mass is 512 g/mol. The molecule has 194 valence electrons. The third kappa shape index (κ3) is 4.30. The summed E-state index contributed by atoms with van der Waals surface area (Å²) in [5.74, 6) is 0.818. The second kappa shape index (κ2) is 9.93. The van der Waals surface area contributed by atoms with E-state index in [1.165, 1.54) is 5.56 Å². The number of hydrogen-bond donors (Lipinski definition) is 1. The molecule has 1 aromatic carbocycles. The Morgan fingerprint density at radius 2 is 2.00 bits per heavy atom. The van der Waals surface area contributed by atoms with Crippen molar-refractivity contribution in [1.82, 2.24) is 29.5 Å². The number of hydrogen-bond acceptors (Lipinski definition) is 8. The van der Waals surface area contributed by atoms with E-state index in [1.54, 1.807) is 0 Å². The predicted octanol–water partition coefficient (Wildman–Crippen LogP) is 3.62. The Bertz CT molecular complexity index is 1070. The van der Waals surface area contributed by atoms with Crippen molar-refractivity contribution in [3.63, 3.8) is 0 Å². The zero-order valence-corrected chi connectivity index (χ0v) is 22.1. The van der Waals surface area contributed by atoms with Crippen LogP contribution in [-0.4, -0.2) is 92.4 Å². The van der Waals surface area contributed by atoms with Gasteiger partial charge in [-0.3, -0.25) is 19.4 Å². The summed E-state index contributed by atoms with van der Waals surface area (Å²) in [4.78, 5) is 12.6. The van der Waals surface area contributed by atoms with E-state index in [-0.39, 0.29) is 24.5 Å². The van der Waals surface area contributed by atoms with Gasteiger partial charge in [0.2, 0.25) is 5.95 Å². The van der Waals surface area contributed by atoms with Crippen molar-refractivity contribution in [3.8, 4) is 0 Å². The highest BCUT2D eigenvalue weighted by Crippen LogP contribution is 2.38. The van der Waals surface area contributed by atoms with Crippen molar-refractivity contribution in [1.29, 1.82) is 0 Å². The van der Waals surface area contributed by atoms with Crippen LogP contribution in [0.15, 0.2) is 35.6 Å². The molecule has 0 spiro atoms. The van der Waals surface area contributed by atoms with Crippen molar-refractivity contribution in [2.75, 3.05) is 31.6 Å². The molecular formula is C26H37ClN8O. The maximum atomic E-state index is 6.17. The topological polar surface area (TPSA) is 74.0 Å². The van der Waals surface area contributed by atoms with Crippen LogP contribution in [0.2, 0.25) is 5.02 Å². The standard InChI is InChI=1S/C26H37ClN8O/c1-4-22(19-7-9-20(27)10-8-19)33-12-18(3)34(13-17(33)2)24-23-25(35-16-29-31-26(35)30-24)32(15-28-23)14-21-6-5-11-36-21/h7-10,15-18,21-25H,4-6,11-14H2,1-3H3,(H,30,31)/t17-,18+,21+,22+,23?,24?,25?/m1/s1. The molecule has 4 aliphatic heterocycles. The number of nitrogens with one attached hydrogen (secondary N) is 1. The summed E-state index contributed by atoms with van der Waals surface area (Å²) < 4.78 is 8.08. The van der Waals surface area contributed by atoms with Crippen LogP contribution >= 0.6 is 11.6 Å². The Labute approximate surface area is 218 Å². The van der Waals surface area contributed by atoms with E-state index in [1.807, 2.05) is 24.8 Å². The molecule has 2 aromatic rings. The van der Waals surface area contributed by atoms with Gasteiger partial charge in [-0.05, 0) is 50.8 Å². The molecule has 0 saturated carbocycles. The van der Waals surface area contributed by atoms with E-state index in [2.05, 4.69) is 67.7 Å². The molecule has 3 unspecified atom stereocenters. The van der Waals surface area contributed by atoms with Gasteiger partial charge in [0, 0.05) is 49.4 Å². The molecule has 5 heterocycles. The Morgan fingerprint density at radius 3 is 2.75 bits per heavy atom. The van der Waals surface area contributed by atoms with E-state index in [0.29, 0.717) is 18.1 Å². The average molecular weight is 513 g/mol. The summed E-state index contributed by atoms with van der Waals surface area (Å²) in [6.45, 7) is 10.6. The molecule has 10 heteroatoms. The summed E-state index contributed by atoms with van der Waals surface area (Å²) in [6, 6.07) is 9.57. The van der Waals surface area contributed by atoms with E-state index >= 15 is 0 Å². The smallest absolute Gasteiger partial charge is 0.227 e. The average Bonchev–Trinajstić information content (AvgIpc) is 3.64. The van der Waals surface area contributed by atoms with E-state index in [4.69, 9.17) is 21.3 Å². The number of nitrogens with zero attached hydrogens (tertiary/aromatic N) is 7. The molecule has 0 amide bonds. The fourth-order valence-electron chi connectivity index (χ4n) is 6.64. The van der Waals surface area contributed by atoms with Crippen molar-refractivity contribution < 1.29 is 4.74 Å². The Balaban J connectivity index is 1.21. The van der Waals surface area contributed by atoms with E-state index < -0.39 is 0 Å². The van der Waals surface area contributed by atoms with Gasteiger partial charge < -0.3 is 15.0 Å². The molecule has 2 saturated heterocycles. The molecule has 6 rings (SSSR count). The first-order valence-electron chi connectivity index (χ1n) is 13.4. The zero-order chi connectivity index (χ0) is 24.8. The highest BCUT2D eigenvalue weighted by Gasteiger charge is 2.48. The van der Waals surface area contributed by atoms with E-state index in [0.717, 1.165) is 56.5 Å². The van der Waals surface area contributed by atoms with Gasteiger partial charge >= 0.3 is 0 Å². The first kappa shape index (κ1) is 24.2. The molecule has 4 aliphatic rings. The van der Waals surface area contributed by atoms with Crippen LogP contribution in [0.25, 0.3) is 0 Å². The second-order valence-electron chi connectivity index (χ2n) is 10.7. The lowest BCUT2D eigenvalue weighted by molar-refractivity contribution is -0.0200. The fourth-order valence-corrected chi connectivity index (χ4v) is 6.76. The van der Waals surface area contributed by atoms with Gasteiger partial charge in [-0.2, -0.15) is 0 Å². The summed E-state index contributed by atoms with van der Waals surface area (Å²) in [6.07, 6.45) is 7.58. The van der Waals surface area contributed by atoms with Crippen LogP contribution in [-0.2, 0) is 4.74 Å². The Hall–Kier alpha value is -2.20. The van der Waals surface area contributed by atoms with Gasteiger partial charge in [0.25, 0.3) is 0 Å². The summed E-state index contributed by atoms with van der Waals surface area (Å²) in [5, 5.41) is 13.1. The lowest BCUT2D eigenvalue weighted by Gasteiger charge is -2.52. The highest BCUT2D eigenvalue weighted by atomic mass is 35.5. The van der Waals surface area contributed by atoms with Crippen molar-refractivity contribution >= 4 is 23.9 Å². The van der Waals surface area contributed by atoms with Gasteiger partial charge in [-0.25, -0.2) is 0 Å². The number of ether oxygens (including phenoxy) is 1. The van der Waals surface area contributed by atoms with Crippen LogP contribution in [0.4, 0.5) is 5.95 Å². The van der Waals surface area contributed by atoms with Crippen LogP contribution in [0.5, 0.6) is 0 Å². The molecule has 7 atom stereocenters. The molecule has 1 N–H and O–H groups in total.